The van der Waals surface area contributed by atoms with Gasteiger partial charge in [-0.3, -0.25) is 9.36 Å². The van der Waals surface area contributed by atoms with Crippen molar-refractivity contribution < 1.29 is 15.0 Å². The number of amides is 1. The Kier molecular flexibility index (Phi) is 5.79. The fourth-order valence-electron chi connectivity index (χ4n) is 3.40. The number of aromatic nitrogens is 1. The predicted octanol–water partition coefficient (Wildman–Crippen LogP) is 4.58. The SMILES string of the molecule is CN(C)c1cc(O)n(Cc2ccc(C(=O)Nc3cc(-c4cccs4)ccc3N)cc2)c1O. The van der Waals surface area contributed by atoms with Crippen molar-refractivity contribution in [2.24, 2.45) is 0 Å². The molecule has 32 heavy (non-hydrogen) atoms. The summed E-state index contributed by atoms with van der Waals surface area (Å²) in [5, 5.41) is 25.4. The molecule has 4 rings (SSSR count). The van der Waals surface area contributed by atoms with Crippen LogP contribution < -0.4 is 16.0 Å². The van der Waals surface area contributed by atoms with Crippen molar-refractivity contribution >= 4 is 34.3 Å². The minimum absolute atomic E-state index is 0.0181. The number of hydrogen-bond acceptors (Lipinski definition) is 6. The number of nitrogens with two attached hydrogens (primary N) is 1. The summed E-state index contributed by atoms with van der Waals surface area (Å²) in [6, 6.07) is 18.1. The topological polar surface area (TPSA) is 104 Å². The Morgan fingerprint density at radius 1 is 1.09 bits per heavy atom. The molecule has 0 spiro atoms. The lowest BCUT2D eigenvalue weighted by Gasteiger charge is -2.12. The molecule has 0 aliphatic carbocycles. The van der Waals surface area contributed by atoms with Crippen LogP contribution in [-0.2, 0) is 6.54 Å². The lowest BCUT2D eigenvalue weighted by molar-refractivity contribution is 0.102. The molecule has 0 saturated carbocycles. The lowest BCUT2D eigenvalue weighted by Crippen LogP contribution is -2.13. The summed E-state index contributed by atoms with van der Waals surface area (Å²) in [5.41, 5.74) is 9.94. The van der Waals surface area contributed by atoms with Gasteiger partial charge in [0.15, 0.2) is 5.88 Å². The van der Waals surface area contributed by atoms with E-state index in [4.69, 9.17) is 5.73 Å². The Hall–Kier alpha value is -3.91. The largest absolute Gasteiger partial charge is 0.494 e. The number of thiophene rings is 1. The third kappa shape index (κ3) is 4.26. The lowest BCUT2D eigenvalue weighted by atomic mass is 10.1. The van der Waals surface area contributed by atoms with Gasteiger partial charge >= 0.3 is 0 Å². The van der Waals surface area contributed by atoms with Crippen LogP contribution in [0.25, 0.3) is 10.4 Å². The number of carbonyl (C=O) groups is 1. The second kappa shape index (κ2) is 8.68. The molecular formula is C24H24N4O3S. The number of nitrogens with one attached hydrogen (secondary N) is 1. The van der Waals surface area contributed by atoms with Crippen molar-refractivity contribution in [3.05, 3.63) is 77.2 Å². The van der Waals surface area contributed by atoms with Crippen molar-refractivity contribution in [1.29, 1.82) is 0 Å². The van der Waals surface area contributed by atoms with Crippen LogP contribution in [0.3, 0.4) is 0 Å². The number of nitrogen functional groups attached to an aromatic ring is 1. The molecule has 2 heterocycles. The van der Waals surface area contributed by atoms with Gasteiger partial charge in [0.05, 0.1) is 17.9 Å². The molecule has 2 aromatic carbocycles. The normalized spacial score (nSPS) is 10.8. The van der Waals surface area contributed by atoms with Crippen LogP contribution in [0.1, 0.15) is 15.9 Å². The van der Waals surface area contributed by atoms with E-state index >= 15 is 0 Å². The highest BCUT2D eigenvalue weighted by atomic mass is 32.1. The van der Waals surface area contributed by atoms with Crippen LogP contribution in [0.2, 0.25) is 0 Å². The zero-order valence-corrected chi connectivity index (χ0v) is 18.6. The smallest absolute Gasteiger partial charge is 0.255 e. The predicted molar refractivity (Wildman–Crippen MR) is 130 cm³/mol. The summed E-state index contributed by atoms with van der Waals surface area (Å²) < 4.78 is 1.40. The van der Waals surface area contributed by atoms with Crippen molar-refractivity contribution in [3.8, 4) is 22.2 Å². The van der Waals surface area contributed by atoms with Crippen molar-refractivity contribution in [3.63, 3.8) is 0 Å². The Labute approximate surface area is 190 Å². The first-order valence-electron chi connectivity index (χ1n) is 9.96. The van der Waals surface area contributed by atoms with Crippen LogP contribution in [-0.4, -0.2) is 34.8 Å². The zero-order chi connectivity index (χ0) is 22.8. The molecule has 5 N–H and O–H groups in total. The van der Waals surface area contributed by atoms with E-state index in [0.29, 0.717) is 22.6 Å². The number of nitrogens with zero attached hydrogens (tertiary/aromatic N) is 2. The molecule has 8 heteroatoms. The molecular weight excluding hydrogens is 424 g/mol. The second-order valence-electron chi connectivity index (χ2n) is 7.62. The number of aromatic hydroxyl groups is 2. The maximum absolute atomic E-state index is 12.8. The van der Waals surface area contributed by atoms with Crippen LogP contribution in [0, 0.1) is 0 Å². The summed E-state index contributed by atoms with van der Waals surface area (Å²) >= 11 is 1.62. The minimum Gasteiger partial charge on any atom is -0.494 e. The number of anilines is 3. The summed E-state index contributed by atoms with van der Waals surface area (Å²) in [6.45, 7) is 0.267. The third-order valence-corrected chi connectivity index (χ3v) is 6.09. The molecule has 2 aromatic heterocycles. The van der Waals surface area contributed by atoms with E-state index in [1.54, 1.807) is 60.7 Å². The van der Waals surface area contributed by atoms with E-state index < -0.39 is 0 Å². The van der Waals surface area contributed by atoms with Crippen molar-refractivity contribution in [2.45, 2.75) is 6.54 Å². The van der Waals surface area contributed by atoms with Gasteiger partial charge in [-0.25, -0.2) is 0 Å². The Balaban J connectivity index is 1.49. The average molecular weight is 449 g/mol. The maximum Gasteiger partial charge on any atom is 0.255 e. The Bertz CT molecular complexity index is 1250. The first kappa shape index (κ1) is 21.3. The summed E-state index contributed by atoms with van der Waals surface area (Å²) in [7, 11) is 3.57. The van der Waals surface area contributed by atoms with Crippen LogP contribution in [0.15, 0.2) is 66.0 Å². The third-order valence-electron chi connectivity index (χ3n) is 5.17. The number of rotatable bonds is 6. The highest BCUT2D eigenvalue weighted by Crippen LogP contribution is 2.35. The Morgan fingerprint density at radius 2 is 1.84 bits per heavy atom. The van der Waals surface area contributed by atoms with Gasteiger partial charge < -0.3 is 26.2 Å². The molecule has 0 saturated heterocycles. The molecule has 0 fully saturated rings. The van der Waals surface area contributed by atoms with Crippen LogP contribution in [0.5, 0.6) is 11.8 Å². The first-order valence-corrected chi connectivity index (χ1v) is 10.8. The number of carbonyl (C=O) groups excluding carboxylic acids is 1. The van der Waals surface area contributed by atoms with Crippen molar-refractivity contribution in [1.82, 2.24) is 4.57 Å². The van der Waals surface area contributed by atoms with Crippen LogP contribution >= 0.6 is 11.3 Å². The quantitative estimate of drug-likeness (QED) is 0.323. The molecule has 1 amide bonds. The van der Waals surface area contributed by atoms with E-state index in [-0.39, 0.29) is 24.2 Å². The molecule has 0 atom stereocenters. The number of benzene rings is 2. The van der Waals surface area contributed by atoms with E-state index in [2.05, 4.69) is 5.32 Å². The Morgan fingerprint density at radius 3 is 2.47 bits per heavy atom. The minimum atomic E-state index is -0.270. The fraction of sp³-hybridized carbons (Fsp3) is 0.125. The monoisotopic (exact) mass is 448 g/mol. The van der Waals surface area contributed by atoms with Gasteiger partial charge in [-0.2, -0.15) is 0 Å². The van der Waals surface area contributed by atoms with Crippen LogP contribution in [0.4, 0.5) is 17.1 Å². The zero-order valence-electron chi connectivity index (χ0n) is 17.7. The molecule has 0 radical (unpaired) electrons. The van der Waals surface area contributed by atoms with E-state index in [1.807, 2.05) is 29.6 Å². The molecule has 0 aliphatic heterocycles. The number of hydrogen-bond donors (Lipinski definition) is 4. The van der Waals surface area contributed by atoms with Crippen molar-refractivity contribution in [2.75, 3.05) is 30.0 Å². The van der Waals surface area contributed by atoms with E-state index in [1.165, 1.54) is 10.6 Å². The van der Waals surface area contributed by atoms with Gasteiger partial charge in [-0.15, -0.1) is 11.3 Å². The van der Waals surface area contributed by atoms with Gasteiger partial charge in [-0.05, 0) is 46.8 Å². The molecule has 0 aliphatic rings. The van der Waals surface area contributed by atoms with Gasteiger partial charge in [0.25, 0.3) is 5.91 Å². The first-order chi connectivity index (χ1) is 15.3. The average Bonchev–Trinajstić information content (AvgIpc) is 3.40. The van der Waals surface area contributed by atoms with Gasteiger partial charge in [0.2, 0.25) is 5.88 Å². The van der Waals surface area contributed by atoms with E-state index in [0.717, 1.165) is 16.0 Å². The second-order valence-corrected chi connectivity index (χ2v) is 8.57. The van der Waals surface area contributed by atoms with Gasteiger partial charge in [0.1, 0.15) is 5.69 Å². The van der Waals surface area contributed by atoms with E-state index in [9.17, 15) is 15.0 Å². The summed E-state index contributed by atoms with van der Waals surface area (Å²) in [4.78, 5) is 15.6. The highest BCUT2D eigenvalue weighted by molar-refractivity contribution is 7.13. The van der Waals surface area contributed by atoms with Gasteiger partial charge in [0, 0.05) is 30.6 Å². The molecule has 7 nitrogen and oxygen atoms in total. The fourth-order valence-corrected chi connectivity index (χ4v) is 4.12. The summed E-state index contributed by atoms with van der Waals surface area (Å²) in [6.07, 6.45) is 0. The standard InChI is InChI=1S/C24H24N4O3S/c1-27(2)20-13-22(29)28(24(20)31)14-15-5-7-16(8-6-15)23(30)26-19-12-17(9-10-18(19)25)21-4-3-11-32-21/h3-13,29,31H,14,25H2,1-2H3,(H,26,30). The summed E-state index contributed by atoms with van der Waals surface area (Å²) in [5.74, 6) is -0.322. The maximum atomic E-state index is 12.8. The molecule has 0 unspecified atom stereocenters. The molecule has 164 valence electrons. The van der Waals surface area contributed by atoms with Gasteiger partial charge in [-0.1, -0.05) is 24.3 Å². The highest BCUT2D eigenvalue weighted by Gasteiger charge is 2.16. The molecule has 0 bridgehead atoms. The molecule has 4 aromatic rings.